The Morgan fingerprint density at radius 1 is 0.818 bits per heavy atom. The minimum atomic E-state index is 0.200. The van der Waals surface area contributed by atoms with Gasteiger partial charge in [0.15, 0.2) is 0 Å². The maximum Gasteiger partial charge on any atom is 0.0134 e. The van der Waals surface area contributed by atoms with Crippen LogP contribution in [0.15, 0.2) is 72.8 Å². The molecule has 0 saturated carbocycles. The lowest BCUT2D eigenvalue weighted by Gasteiger charge is -2.28. The Hall–Kier alpha value is -1.12. The topological polar surface area (TPSA) is 0 Å². The fourth-order valence-electron chi connectivity index (χ4n) is 2.75. The van der Waals surface area contributed by atoms with Crippen LogP contribution in [0.3, 0.4) is 0 Å². The van der Waals surface area contributed by atoms with Crippen molar-refractivity contribution in [2.75, 3.05) is 10.7 Å². The fourth-order valence-corrected chi connectivity index (χ4v) is 4.51. The highest BCUT2D eigenvalue weighted by molar-refractivity contribution is 9.09. The van der Waals surface area contributed by atoms with Gasteiger partial charge in [-0.3, -0.25) is 0 Å². The first-order valence-corrected chi connectivity index (χ1v) is 9.68. The van der Waals surface area contributed by atoms with E-state index in [2.05, 4.69) is 105 Å². The minimum Gasteiger partial charge on any atom is -0.0918 e. The van der Waals surface area contributed by atoms with Crippen LogP contribution in [-0.4, -0.2) is 10.7 Å². The van der Waals surface area contributed by atoms with Gasteiger partial charge in [0.25, 0.3) is 0 Å². The van der Waals surface area contributed by atoms with E-state index in [1.807, 2.05) is 0 Å². The predicted molar refractivity (Wildman–Crippen MR) is 104 cm³/mol. The van der Waals surface area contributed by atoms with E-state index < -0.39 is 0 Å². The Morgan fingerprint density at radius 2 is 1.45 bits per heavy atom. The summed E-state index contributed by atoms with van der Waals surface area (Å²) < 4.78 is 0. The van der Waals surface area contributed by atoms with Crippen molar-refractivity contribution in [3.8, 4) is 11.1 Å². The van der Waals surface area contributed by atoms with Crippen molar-refractivity contribution in [1.29, 1.82) is 0 Å². The Labute approximate surface area is 149 Å². The zero-order chi connectivity index (χ0) is 15.4. The Morgan fingerprint density at radius 3 is 2.05 bits per heavy atom. The molecule has 112 valence electrons. The molecule has 0 unspecified atom stereocenters. The summed E-state index contributed by atoms with van der Waals surface area (Å²) in [6.07, 6.45) is 8.03. The molecular formula is C20H18Br2. The molecule has 0 heterocycles. The van der Waals surface area contributed by atoms with Gasteiger partial charge < -0.3 is 0 Å². The van der Waals surface area contributed by atoms with Gasteiger partial charge in [-0.05, 0) is 28.7 Å². The lowest BCUT2D eigenvalue weighted by Crippen LogP contribution is -2.22. The van der Waals surface area contributed by atoms with E-state index in [0.29, 0.717) is 0 Å². The highest BCUT2D eigenvalue weighted by Crippen LogP contribution is 2.38. The largest absolute Gasteiger partial charge is 0.0918 e. The van der Waals surface area contributed by atoms with Crippen LogP contribution in [-0.2, 0) is 0 Å². The molecule has 2 aromatic rings. The molecule has 22 heavy (non-hydrogen) atoms. The predicted octanol–water partition coefficient (Wildman–Crippen LogP) is 6.47. The van der Waals surface area contributed by atoms with Crippen LogP contribution in [0.2, 0.25) is 0 Å². The van der Waals surface area contributed by atoms with E-state index in [-0.39, 0.29) is 5.41 Å². The molecule has 0 fully saturated rings. The molecule has 1 aliphatic rings. The molecule has 1 aliphatic carbocycles. The number of allylic oxidation sites excluding steroid dienone is 4. The van der Waals surface area contributed by atoms with Crippen molar-refractivity contribution in [2.45, 2.75) is 6.42 Å². The first-order chi connectivity index (χ1) is 10.8. The van der Waals surface area contributed by atoms with Crippen molar-refractivity contribution in [3.05, 3.63) is 78.4 Å². The highest BCUT2D eigenvalue weighted by atomic mass is 79.9. The molecule has 0 aromatic heterocycles. The number of benzene rings is 2. The van der Waals surface area contributed by atoms with E-state index in [9.17, 15) is 0 Å². The number of alkyl halides is 2. The highest BCUT2D eigenvalue weighted by Gasteiger charge is 2.26. The average Bonchev–Trinajstić information content (AvgIpc) is 2.62. The molecule has 0 saturated heterocycles. The summed E-state index contributed by atoms with van der Waals surface area (Å²) in [6, 6.07) is 19.2. The third kappa shape index (κ3) is 3.13. The van der Waals surface area contributed by atoms with E-state index in [1.54, 1.807) is 0 Å². The number of halogens is 2. The smallest absolute Gasteiger partial charge is 0.0134 e. The van der Waals surface area contributed by atoms with E-state index >= 15 is 0 Å². The monoisotopic (exact) mass is 416 g/mol. The fraction of sp³-hybridized carbons (Fsp3) is 0.200. The molecule has 0 spiro atoms. The Balaban J connectivity index is 1.98. The van der Waals surface area contributed by atoms with Crippen molar-refractivity contribution >= 4 is 37.4 Å². The molecule has 0 nitrogen and oxygen atoms in total. The molecule has 0 N–H and O–H groups in total. The average molecular weight is 418 g/mol. The van der Waals surface area contributed by atoms with Crippen molar-refractivity contribution in [1.82, 2.24) is 0 Å². The molecule has 0 radical (unpaired) electrons. The quantitative estimate of drug-likeness (QED) is 0.499. The van der Waals surface area contributed by atoms with Gasteiger partial charge in [-0.15, -0.1) is 0 Å². The van der Waals surface area contributed by atoms with E-state index in [0.717, 1.165) is 17.1 Å². The van der Waals surface area contributed by atoms with Crippen LogP contribution >= 0.6 is 31.9 Å². The molecule has 3 rings (SSSR count). The third-order valence-electron chi connectivity index (χ3n) is 4.20. The van der Waals surface area contributed by atoms with Gasteiger partial charge in [0.05, 0.1) is 0 Å². The standard InChI is InChI=1S/C20H18Br2/c21-14-20(15-22)12-10-17(11-13-20)19-9-5-4-8-18(19)16-6-2-1-3-7-16/h1-12H,13-15H2. The van der Waals surface area contributed by atoms with E-state index in [4.69, 9.17) is 0 Å². The molecule has 0 amide bonds. The zero-order valence-corrected chi connectivity index (χ0v) is 15.5. The first kappa shape index (κ1) is 15.8. The number of hydrogen-bond acceptors (Lipinski definition) is 0. The molecule has 0 bridgehead atoms. The third-order valence-corrected chi connectivity index (χ3v) is 6.43. The summed E-state index contributed by atoms with van der Waals surface area (Å²) in [5.74, 6) is 0. The van der Waals surface area contributed by atoms with Crippen LogP contribution < -0.4 is 0 Å². The second-order valence-electron chi connectivity index (χ2n) is 5.74. The lowest BCUT2D eigenvalue weighted by molar-refractivity contribution is 0.516. The second-order valence-corrected chi connectivity index (χ2v) is 6.86. The summed E-state index contributed by atoms with van der Waals surface area (Å²) >= 11 is 7.29. The summed E-state index contributed by atoms with van der Waals surface area (Å²) in [4.78, 5) is 0. The normalized spacial score (nSPS) is 16.4. The summed E-state index contributed by atoms with van der Waals surface area (Å²) in [7, 11) is 0. The molecule has 0 aliphatic heterocycles. The number of rotatable bonds is 4. The van der Waals surface area contributed by atoms with Gasteiger partial charge in [-0.25, -0.2) is 0 Å². The maximum atomic E-state index is 3.65. The van der Waals surface area contributed by atoms with Crippen molar-refractivity contribution in [2.24, 2.45) is 5.41 Å². The van der Waals surface area contributed by atoms with Crippen molar-refractivity contribution in [3.63, 3.8) is 0 Å². The summed E-state index contributed by atoms with van der Waals surface area (Å²) in [5.41, 5.74) is 5.39. The van der Waals surface area contributed by atoms with E-state index in [1.165, 1.54) is 22.3 Å². The van der Waals surface area contributed by atoms with Crippen molar-refractivity contribution < 1.29 is 0 Å². The first-order valence-electron chi connectivity index (χ1n) is 7.44. The molecule has 0 atom stereocenters. The molecular weight excluding hydrogens is 400 g/mol. The van der Waals surface area contributed by atoms with Crippen LogP contribution in [0.25, 0.3) is 16.7 Å². The van der Waals surface area contributed by atoms with Crippen LogP contribution in [0.4, 0.5) is 0 Å². The SMILES string of the molecule is BrCC1(CBr)C=CC(c2ccccc2-c2ccccc2)=CC1. The Bertz CT molecular complexity index is 695. The number of hydrogen-bond donors (Lipinski definition) is 0. The molecule has 2 heteroatoms. The molecule has 2 aromatic carbocycles. The summed E-state index contributed by atoms with van der Waals surface area (Å²) in [6.45, 7) is 0. The minimum absolute atomic E-state index is 0.200. The van der Waals surface area contributed by atoms with Gasteiger partial charge in [0.2, 0.25) is 0 Å². The van der Waals surface area contributed by atoms with Crippen LogP contribution in [0.1, 0.15) is 12.0 Å². The van der Waals surface area contributed by atoms with Crippen LogP contribution in [0.5, 0.6) is 0 Å². The summed E-state index contributed by atoms with van der Waals surface area (Å²) in [5, 5.41) is 1.96. The van der Waals surface area contributed by atoms with Gasteiger partial charge in [-0.1, -0.05) is 105 Å². The van der Waals surface area contributed by atoms with Gasteiger partial charge >= 0.3 is 0 Å². The maximum absolute atomic E-state index is 3.65. The van der Waals surface area contributed by atoms with Gasteiger partial charge in [0.1, 0.15) is 0 Å². The second kappa shape index (κ2) is 6.97. The van der Waals surface area contributed by atoms with Gasteiger partial charge in [-0.2, -0.15) is 0 Å². The Kier molecular flexibility index (Phi) is 5.00. The zero-order valence-electron chi connectivity index (χ0n) is 12.3. The lowest BCUT2D eigenvalue weighted by atomic mass is 9.81. The van der Waals surface area contributed by atoms with Gasteiger partial charge in [0, 0.05) is 16.1 Å². The van der Waals surface area contributed by atoms with Crippen LogP contribution in [0, 0.1) is 5.41 Å².